The molecule has 3 atom stereocenters. The van der Waals surface area contributed by atoms with Crippen LogP contribution in [0.15, 0.2) is 46.0 Å². The fourth-order valence-electron chi connectivity index (χ4n) is 6.56. The van der Waals surface area contributed by atoms with Gasteiger partial charge in [-0.1, -0.05) is 18.2 Å². The molecular weight excluding hydrogens is 607 g/mol. The van der Waals surface area contributed by atoms with E-state index in [1.165, 1.54) is 26.2 Å². The van der Waals surface area contributed by atoms with Crippen molar-refractivity contribution in [2.75, 3.05) is 25.6 Å². The average Bonchev–Trinajstić information content (AvgIpc) is 3.46. The van der Waals surface area contributed by atoms with Gasteiger partial charge in [-0.05, 0) is 79.1 Å². The van der Waals surface area contributed by atoms with Gasteiger partial charge in [-0.25, -0.2) is 18.9 Å². The van der Waals surface area contributed by atoms with Gasteiger partial charge in [0, 0.05) is 49.6 Å². The Bertz CT molecular complexity index is 2010. The molecule has 246 valence electrons. The van der Waals surface area contributed by atoms with Gasteiger partial charge in [-0.2, -0.15) is 5.10 Å². The van der Waals surface area contributed by atoms with Gasteiger partial charge in [0.05, 0.1) is 25.5 Å². The van der Waals surface area contributed by atoms with E-state index >= 15 is 4.39 Å². The van der Waals surface area contributed by atoms with Crippen molar-refractivity contribution in [2.45, 2.75) is 51.3 Å². The number of fused-ring (bicyclic) bond motifs is 1. The Kier molecular flexibility index (Phi) is 8.79. The molecule has 3 unspecified atom stereocenters. The molecule has 2 aromatic heterocycles. The predicted octanol–water partition coefficient (Wildman–Crippen LogP) is 2.95. The zero-order valence-corrected chi connectivity index (χ0v) is 26.9. The van der Waals surface area contributed by atoms with Gasteiger partial charge in [0.15, 0.2) is 0 Å². The third-order valence-electron chi connectivity index (χ3n) is 9.15. The predicted molar refractivity (Wildman–Crippen MR) is 173 cm³/mol. The van der Waals surface area contributed by atoms with Crippen LogP contribution in [0.4, 0.5) is 10.1 Å². The molecule has 0 bridgehead atoms. The number of amides is 1. The number of carbonyl (C=O) groups is 1. The highest BCUT2D eigenvalue weighted by atomic mass is 19.1. The molecule has 2 aliphatic rings. The Hall–Kier alpha value is -4.72. The van der Waals surface area contributed by atoms with Gasteiger partial charge in [-0.3, -0.25) is 14.2 Å². The number of benzene rings is 2. The van der Waals surface area contributed by atoms with Crippen LogP contribution in [-0.2, 0) is 25.3 Å². The molecule has 3 heterocycles. The maximum Gasteiger partial charge on any atom is 0.346 e. The van der Waals surface area contributed by atoms with Crippen LogP contribution in [0, 0.1) is 19.7 Å². The lowest BCUT2D eigenvalue weighted by Crippen LogP contribution is -2.47. The van der Waals surface area contributed by atoms with Gasteiger partial charge in [0.2, 0.25) is 11.6 Å². The number of anilines is 1. The lowest BCUT2D eigenvalue weighted by molar-refractivity contribution is -0.0304. The summed E-state index contributed by atoms with van der Waals surface area (Å²) in [6, 6.07) is 10.3. The molecule has 1 amide bonds. The minimum absolute atomic E-state index is 0.00795. The van der Waals surface area contributed by atoms with Gasteiger partial charge >= 0.3 is 5.69 Å². The molecule has 2 aromatic carbocycles. The van der Waals surface area contributed by atoms with E-state index in [1.807, 2.05) is 25.1 Å². The van der Waals surface area contributed by atoms with E-state index in [2.05, 4.69) is 21.8 Å². The monoisotopic (exact) mass is 644 g/mol. The zero-order chi connectivity index (χ0) is 33.6. The van der Waals surface area contributed by atoms with E-state index in [0.29, 0.717) is 35.9 Å². The molecule has 3 N–H and O–H groups in total. The van der Waals surface area contributed by atoms with Crippen molar-refractivity contribution in [3.8, 4) is 28.3 Å². The van der Waals surface area contributed by atoms with E-state index < -0.39 is 34.8 Å². The van der Waals surface area contributed by atoms with Crippen molar-refractivity contribution < 1.29 is 23.8 Å². The summed E-state index contributed by atoms with van der Waals surface area (Å²) < 4.78 is 28.0. The van der Waals surface area contributed by atoms with E-state index in [9.17, 15) is 19.5 Å². The molecule has 1 saturated heterocycles. The minimum atomic E-state index is -0.861. The van der Waals surface area contributed by atoms with Crippen molar-refractivity contribution in [2.24, 2.45) is 14.1 Å². The number of pyridine rings is 1. The van der Waals surface area contributed by atoms with Crippen molar-refractivity contribution >= 4 is 11.6 Å². The molecule has 1 fully saturated rings. The summed E-state index contributed by atoms with van der Waals surface area (Å²) >= 11 is 0. The van der Waals surface area contributed by atoms with Crippen molar-refractivity contribution in [1.29, 1.82) is 0 Å². The number of methoxy groups -OCH3 is 1. The molecule has 12 nitrogen and oxygen atoms in total. The molecule has 47 heavy (non-hydrogen) atoms. The van der Waals surface area contributed by atoms with E-state index in [4.69, 9.17) is 14.5 Å². The van der Waals surface area contributed by atoms with Crippen LogP contribution in [0.1, 0.15) is 51.6 Å². The first-order valence-electron chi connectivity index (χ1n) is 15.4. The van der Waals surface area contributed by atoms with Crippen molar-refractivity contribution in [3.63, 3.8) is 0 Å². The highest BCUT2D eigenvalue weighted by Crippen LogP contribution is 2.42. The van der Waals surface area contributed by atoms with Gasteiger partial charge < -0.3 is 25.2 Å². The standard InChI is InChI=1S/C34H37FN6O6/c1-17-21(23-14-20(35)15-26(18(23)2)37-31(43)30-33(44)40(3)34(45)41(4)39-30)7-6-8-22(17)27-13-19-9-10-25(29(19)32(38-27)46-5)36-24-11-12-47-16-28(24)42/h6-8,13-15,24-25,28,36,42H,9-12,16H2,1-5H3,(H,37,43). The maximum atomic E-state index is 15.1. The number of nitrogens with zero attached hydrogens (tertiary/aromatic N) is 4. The third kappa shape index (κ3) is 5.97. The number of ether oxygens (including phenoxy) is 2. The van der Waals surface area contributed by atoms with Gasteiger partial charge in [0.25, 0.3) is 11.5 Å². The smallest absolute Gasteiger partial charge is 0.346 e. The number of carbonyl (C=O) groups excluding carboxylic acids is 1. The van der Waals surface area contributed by atoms with Crippen LogP contribution in [0.2, 0.25) is 0 Å². The summed E-state index contributed by atoms with van der Waals surface area (Å²) in [5.41, 5.74) is 4.51. The van der Waals surface area contributed by atoms with Gasteiger partial charge in [-0.15, -0.1) is 0 Å². The number of aromatic nitrogens is 4. The van der Waals surface area contributed by atoms with Crippen LogP contribution in [0.25, 0.3) is 22.4 Å². The summed E-state index contributed by atoms with van der Waals surface area (Å²) in [5, 5.41) is 20.5. The molecule has 0 radical (unpaired) electrons. The Labute approximate surface area is 270 Å². The van der Waals surface area contributed by atoms with Crippen LogP contribution in [0.3, 0.4) is 0 Å². The van der Waals surface area contributed by atoms with E-state index in [-0.39, 0.29) is 17.8 Å². The highest BCUT2D eigenvalue weighted by molar-refractivity contribution is 6.03. The Morgan fingerprint density at radius 2 is 1.85 bits per heavy atom. The quantitative estimate of drug-likeness (QED) is 0.276. The second-order valence-corrected chi connectivity index (χ2v) is 12.1. The molecular formula is C34H37FN6O6. The summed E-state index contributed by atoms with van der Waals surface area (Å²) in [4.78, 5) is 42.6. The number of aliphatic hydroxyl groups is 1. The van der Waals surface area contributed by atoms with Crippen LogP contribution < -0.4 is 26.6 Å². The normalized spacial score (nSPS) is 19.0. The molecule has 6 rings (SSSR count). The summed E-state index contributed by atoms with van der Waals surface area (Å²) in [6.07, 6.45) is 1.81. The Balaban J connectivity index is 1.34. The SMILES string of the molecule is COc1nc(-c2cccc(-c3cc(F)cc(NC(=O)c4nn(C)c(=O)n(C)c4=O)c3C)c2C)cc2c1C(NC1CCOCC1O)CC2. The van der Waals surface area contributed by atoms with E-state index in [0.717, 1.165) is 56.3 Å². The van der Waals surface area contributed by atoms with E-state index in [1.54, 1.807) is 14.0 Å². The highest BCUT2D eigenvalue weighted by Gasteiger charge is 2.33. The largest absolute Gasteiger partial charge is 0.481 e. The molecule has 13 heteroatoms. The Morgan fingerprint density at radius 1 is 1.09 bits per heavy atom. The van der Waals surface area contributed by atoms with Crippen LogP contribution in [0.5, 0.6) is 5.88 Å². The second kappa shape index (κ2) is 12.8. The number of nitrogens with one attached hydrogen (secondary N) is 2. The second-order valence-electron chi connectivity index (χ2n) is 12.1. The zero-order valence-electron chi connectivity index (χ0n) is 26.9. The molecule has 1 aliphatic carbocycles. The minimum Gasteiger partial charge on any atom is -0.481 e. The molecule has 1 aliphatic heterocycles. The lowest BCUT2D eigenvalue weighted by atomic mass is 9.91. The van der Waals surface area contributed by atoms with Crippen molar-refractivity contribution in [1.82, 2.24) is 24.6 Å². The third-order valence-corrected chi connectivity index (χ3v) is 9.15. The Morgan fingerprint density at radius 3 is 2.60 bits per heavy atom. The van der Waals surface area contributed by atoms with Crippen molar-refractivity contribution in [3.05, 3.63) is 91.0 Å². The maximum absolute atomic E-state index is 15.1. The van der Waals surface area contributed by atoms with Gasteiger partial charge in [0.1, 0.15) is 5.82 Å². The summed E-state index contributed by atoms with van der Waals surface area (Å²) in [6.45, 7) is 4.60. The number of hydrogen-bond donors (Lipinski definition) is 3. The number of rotatable bonds is 7. The average molecular weight is 645 g/mol. The molecule has 0 saturated carbocycles. The fourth-order valence-corrected chi connectivity index (χ4v) is 6.56. The lowest BCUT2D eigenvalue weighted by Gasteiger charge is -2.31. The number of aliphatic hydroxyl groups excluding tert-OH is 1. The van der Waals surface area contributed by atoms with Crippen LogP contribution in [-0.4, -0.2) is 62.8 Å². The topological polar surface area (TPSA) is 150 Å². The first-order valence-corrected chi connectivity index (χ1v) is 15.4. The summed E-state index contributed by atoms with van der Waals surface area (Å²) in [5.74, 6) is -0.929. The molecule has 4 aromatic rings. The fraction of sp³-hybridized carbons (Fsp3) is 0.382. The van der Waals surface area contributed by atoms with Crippen LogP contribution >= 0.6 is 0 Å². The number of halogens is 1. The number of hydrogen-bond acceptors (Lipinski definition) is 9. The summed E-state index contributed by atoms with van der Waals surface area (Å²) in [7, 11) is 4.18. The number of aryl methyl sites for hydroxylation is 2. The first-order chi connectivity index (χ1) is 22.5. The molecule has 0 spiro atoms. The first kappa shape index (κ1) is 32.2.